The largest absolute Gasteiger partial charge is 0.493 e. The number of rotatable bonds is 8. The Labute approximate surface area is 204 Å². The summed E-state index contributed by atoms with van der Waals surface area (Å²) in [7, 11) is 3.21. The Morgan fingerprint density at radius 3 is 2.57 bits per heavy atom. The van der Waals surface area contributed by atoms with Gasteiger partial charge in [-0.05, 0) is 62.2 Å². The standard InChI is InChI=1S/C28H28N2O5/c1-6-34-24-15-25-21(22(16-35-25)19-10-11-23(32-4)26(13-19)33-5)14-20(24)17(2)12-28(31)30-27-9-7-8-18(3)29-27/h7-16H,6H2,1-5H3,(H,29,30,31)/b17-12+. The topological polar surface area (TPSA) is 82.8 Å². The number of pyridine rings is 1. The first-order valence-electron chi connectivity index (χ1n) is 11.3. The van der Waals surface area contributed by atoms with Crippen molar-refractivity contribution in [3.63, 3.8) is 0 Å². The number of carbonyl (C=O) groups is 1. The van der Waals surface area contributed by atoms with Crippen molar-refractivity contribution in [3.8, 4) is 28.4 Å². The number of benzene rings is 2. The van der Waals surface area contributed by atoms with Gasteiger partial charge >= 0.3 is 0 Å². The van der Waals surface area contributed by atoms with E-state index in [4.69, 9.17) is 18.6 Å². The van der Waals surface area contributed by atoms with Crippen LogP contribution in [0.3, 0.4) is 0 Å². The Morgan fingerprint density at radius 1 is 1.06 bits per heavy atom. The Balaban J connectivity index is 1.74. The van der Waals surface area contributed by atoms with Gasteiger partial charge in [0.05, 0.1) is 27.1 Å². The van der Waals surface area contributed by atoms with Crippen LogP contribution in [0, 0.1) is 6.92 Å². The summed E-state index contributed by atoms with van der Waals surface area (Å²) in [4.78, 5) is 17.0. The summed E-state index contributed by atoms with van der Waals surface area (Å²) < 4.78 is 22.6. The van der Waals surface area contributed by atoms with E-state index in [9.17, 15) is 4.79 Å². The van der Waals surface area contributed by atoms with Crippen molar-refractivity contribution in [2.45, 2.75) is 20.8 Å². The summed E-state index contributed by atoms with van der Waals surface area (Å²) in [6.45, 7) is 6.15. The number of aryl methyl sites for hydroxylation is 1. The fraction of sp³-hybridized carbons (Fsp3) is 0.214. The van der Waals surface area contributed by atoms with Gasteiger partial charge in [-0.3, -0.25) is 4.79 Å². The van der Waals surface area contributed by atoms with Crippen LogP contribution in [0.5, 0.6) is 17.2 Å². The molecule has 0 atom stereocenters. The summed E-state index contributed by atoms with van der Waals surface area (Å²) in [5.41, 5.74) is 4.88. The normalized spacial score (nSPS) is 11.4. The number of nitrogens with one attached hydrogen (secondary N) is 1. The van der Waals surface area contributed by atoms with E-state index in [0.717, 1.165) is 33.3 Å². The zero-order valence-corrected chi connectivity index (χ0v) is 20.5. The fourth-order valence-corrected chi connectivity index (χ4v) is 3.91. The minimum Gasteiger partial charge on any atom is -0.493 e. The molecule has 0 aliphatic heterocycles. The first-order valence-corrected chi connectivity index (χ1v) is 11.3. The molecule has 4 aromatic rings. The van der Waals surface area contributed by atoms with Gasteiger partial charge in [-0.2, -0.15) is 0 Å². The highest BCUT2D eigenvalue weighted by Gasteiger charge is 2.17. The fourth-order valence-electron chi connectivity index (χ4n) is 3.91. The van der Waals surface area contributed by atoms with Gasteiger partial charge in [-0.15, -0.1) is 0 Å². The number of hydrogen-bond acceptors (Lipinski definition) is 6. The number of anilines is 1. The maximum Gasteiger partial charge on any atom is 0.249 e. The summed E-state index contributed by atoms with van der Waals surface area (Å²) in [6, 6.07) is 15.0. The van der Waals surface area contributed by atoms with Crippen LogP contribution in [0.15, 0.2) is 65.3 Å². The predicted molar refractivity (Wildman–Crippen MR) is 137 cm³/mol. The van der Waals surface area contributed by atoms with Crippen molar-refractivity contribution in [2.75, 3.05) is 26.1 Å². The maximum absolute atomic E-state index is 12.7. The molecule has 0 saturated carbocycles. The number of methoxy groups -OCH3 is 2. The van der Waals surface area contributed by atoms with Gasteiger partial charge in [0.2, 0.25) is 5.91 Å². The molecule has 1 N–H and O–H groups in total. The lowest BCUT2D eigenvalue weighted by Crippen LogP contribution is -2.10. The second-order valence-electron chi connectivity index (χ2n) is 7.98. The monoisotopic (exact) mass is 472 g/mol. The number of carbonyl (C=O) groups excluding carboxylic acids is 1. The number of allylic oxidation sites excluding steroid dienone is 1. The predicted octanol–water partition coefficient (Wildman–Crippen LogP) is 6.26. The van der Waals surface area contributed by atoms with E-state index in [1.807, 2.05) is 63.2 Å². The highest BCUT2D eigenvalue weighted by atomic mass is 16.5. The molecule has 2 aromatic carbocycles. The highest BCUT2D eigenvalue weighted by Crippen LogP contribution is 2.40. The van der Waals surface area contributed by atoms with E-state index in [2.05, 4.69) is 10.3 Å². The van der Waals surface area contributed by atoms with Crippen LogP contribution in [0.2, 0.25) is 0 Å². The molecule has 0 fully saturated rings. The molecular formula is C28H28N2O5. The third-order valence-corrected chi connectivity index (χ3v) is 5.58. The molecule has 0 saturated heterocycles. The maximum atomic E-state index is 12.7. The van der Waals surface area contributed by atoms with Crippen LogP contribution in [-0.4, -0.2) is 31.7 Å². The van der Waals surface area contributed by atoms with E-state index in [0.29, 0.717) is 35.3 Å². The van der Waals surface area contributed by atoms with Crippen molar-refractivity contribution in [3.05, 3.63) is 72.1 Å². The van der Waals surface area contributed by atoms with Crippen LogP contribution < -0.4 is 19.5 Å². The summed E-state index contributed by atoms with van der Waals surface area (Å²) in [6.07, 6.45) is 3.25. The highest BCUT2D eigenvalue weighted by molar-refractivity contribution is 6.05. The van der Waals surface area contributed by atoms with Gasteiger partial charge in [0.25, 0.3) is 0 Å². The molecular weight excluding hydrogens is 444 g/mol. The molecule has 35 heavy (non-hydrogen) atoms. The van der Waals surface area contributed by atoms with Crippen LogP contribution in [0.25, 0.3) is 27.7 Å². The molecule has 0 aliphatic carbocycles. The summed E-state index contributed by atoms with van der Waals surface area (Å²) >= 11 is 0. The van der Waals surface area contributed by atoms with E-state index < -0.39 is 0 Å². The minimum absolute atomic E-state index is 0.268. The molecule has 4 rings (SSSR count). The molecule has 180 valence electrons. The van der Waals surface area contributed by atoms with Gasteiger partial charge in [-0.25, -0.2) is 4.98 Å². The lowest BCUT2D eigenvalue weighted by Gasteiger charge is -2.12. The molecule has 7 nitrogen and oxygen atoms in total. The Bertz CT molecular complexity index is 1400. The van der Waals surface area contributed by atoms with Crippen molar-refractivity contribution < 1.29 is 23.4 Å². The molecule has 7 heteroatoms. The zero-order valence-electron chi connectivity index (χ0n) is 20.5. The van der Waals surface area contributed by atoms with Crippen LogP contribution in [-0.2, 0) is 4.79 Å². The molecule has 0 aliphatic rings. The van der Waals surface area contributed by atoms with Crippen LogP contribution in [0.4, 0.5) is 5.82 Å². The average Bonchev–Trinajstić information content (AvgIpc) is 3.26. The molecule has 2 heterocycles. The summed E-state index contributed by atoms with van der Waals surface area (Å²) in [5.74, 6) is 2.16. The SMILES string of the molecule is CCOc1cc2occ(-c3ccc(OC)c(OC)c3)c2cc1/C(C)=C/C(=O)Nc1cccc(C)n1. The van der Waals surface area contributed by atoms with Crippen molar-refractivity contribution in [1.82, 2.24) is 4.98 Å². The first kappa shape index (κ1) is 23.9. The Morgan fingerprint density at radius 2 is 1.86 bits per heavy atom. The number of aromatic nitrogens is 1. The smallest absolute Gasteiger partial charge is 0.249 e. The Hall–Kier alpha value is -4.26. The van der Waals surface area contributed by atoms with Crippen molar-refractivity contribution in [1.29, 1.82) is 0 Å². The second kappa shape index (κ2) is 10.3. The molecule has 1 amide bonds. The Kier molecular flexibility index (Phi) is 7.06. The quantitative estimate of drug-likeness (QED) is 0.305. The minimum atomic E-state index is -0.268. The van der Waals surface area contributed by atoms with E-state index in [1.165, 1.54) is 0 Å². The van der Waals surface area contributed by atoms with Crippen LogP contribution in [0.1, 0.15) is 25.1 Å². The summed E-state index contributed by atoms with van der Waals surface area (Å²) in [5, 5.41) is 3.71. The third kappa shape index (κ3) is 5.14. The molecule has 2 aromatic heterocycles. The first-order chi connectivity index (χ1) is 16.9. The third-order valence-electron chi connectivity index (χ3n) is 5.58. The zero-order chi connectivity index (χ0) is 24.9. The average molecular weight is 473 g/mol. The lowest BCUT2D eigenvalue weighted by molar-refractivity contribution is -0.111. The molecule has 0 bridgehead atoms. The number of nitrogens with zero attached hydrogens (tertiary/aromatic N) is 1. The number of amides is 1. The van der Waals surface area contributed by atoms with Gasteiger partial charge in [0.1, 0.15) is 17.2 Å². The van der Waals surface area contributed by atoms with E-state index in [-0.39, 0.29) is 5.91 Å². The lowest BCUT2D eigenvalue weighted by atomic mass is 9.99. The van der Waals surface area contributed by atoms with E-state index >= 15 is 0 Å². The van der Waals surface area contributed by atoms with Crippen molar-refractivity contribution in [2.24, 2.45) is 0 Å². The number of hydrogen-bond donors (Lipinski definition) is 1. The van der Waals surface area contributed by atoms with Gasteiger partial charge in [0.15, 0.2) is 11.5 Å². The number of fused-ring (bicyclic) bond motifs is 1. The van der Waals surface area contributed by atoms with Crippen LogP contribution >= 0.6 is 0 Å². The second-order valence-corrected chi connectivity index (χ2v) is 7.98. The molecule has 0 radical (unpaired) electrons. The number of furan rings is 1. The van der Waals surface area contributed by atoms with Crippen molar-refractivity contribution >= 4 is 28.3 Å². The van der Waals surface area contributed by atoms with E-state index in [1.54, 1.807) is 32.6 Å². The van der Waals surface area contributed by atoms with Gasteiger partial charge < -0.3 is 23.9 Å². The van der Waals surface area contributed by atoms with Gasteiger partial charge in [0, 0.05) is 34.3 Å². The number of ether oxygens (including phenoxy) is 3. The molecule has 0 spiro atoms. The molecule has 0 unspecified atom stereocenters. The van der Waals surface area contributed by atoms with Gasteiger partial charge in [-0.1, -0.05) is 12.1 Å².